The van der Waals surface area contributed by atoms with Crippen molar-refractivity contribution >= 4 is 27.8 Å². The molecule has 1 aromatic heterocycles. The van der Waals surface area contributed by atoms with Crippen LogP contribution < -0.4 is 10.1 Å². The Labute approximate surface area is 128 Å². The molecule has 108 valence electrons. The summed E-state index contributed by atoms with van der Waals surface area (Å²) in [5.41, 5.74) is 0.201. The lowest BCUT2D eigenvalue weighted by atomic mass is 10.2. The highest BCUT2D eigenvalue weighted by Gasteiger charge is 2.14. The maximum Gasteiger partial charge on any atom is 0.339 e. The van der Waals surface area contributed by atoms with Crippen molar-refractivity contribution in [1.29, 1.82) is 0 Å². The summed E-state index contributed by atoms with van der Waals surface area (Å²) in [5, 5.41) is 11.6. The smallest absolute Gasteiger partial charge is 0.339 e. The first-order valence-electron chi connectivity index (χ1n) is 5.90. The number of ether oxygens (including phenoxy) is 1. The van der Waals surface area contributed by atoms with Gasteiger partial charge in [-0.2, -0.15) is 0 Å². The molecule has 0 unspecified atom stereocenters. The van der Waals surface area contributed by atoms with Crippen LogP contribution >= 0.6 is 15.9 Å². The summed E-state index contributed by atoms with van der Waals surface area (Å²) in [5.74, 6) is -0.949. The van der Waals surface area contributed by atoms with E-state index in [-0.39, 0.29) is 22.9 Å². The van der Waals surface area contributed by atoms with Gasteiger partial charge in [-0.05, 0) is 24.3 Å². The molecule has 0 saturated carbocycles. The largest absolute Gasteiger partial charge is 0.478 e. The van der Waals surface area contributed by atoms with Crippen LogP contribution in [-0.4, -0.2) is 29.0 Å². The van der Waals surface area contributed by atoms with Gasteiger partial charge in [-0.25, -0.2) is 4.79 Å². The molecule has 7 heteroatoms. The van der Waals surface area contributed by atoms with Crippen LogP contribution in [0.3, 0.4) is 0 Å². The molecule has 1 heterocycles. The Kier molecular flexibility index (Phi) is 4.54. The second kappa shape index (κ2) is 6.36. The second-order valence-electron chi connectivity index (χ2n) is 4.00. The number of rotatable bonds is 4. The van der Waals surface area contributed by atoms with Crippen molar-refractivity contribution < 1.29 is 19.4 Å². The minimum Gasteiger partial charge on any atom is -0.478 e. The van der Waals surface area contributed by atoms with Crippen LogP contribution in [-0.2, 0) is 0 Å². The zero-order chi connectivity index (χ0) is 15.4. The normalized spacial score (nSPS) is 10.0. The van der Waals surface area contributed by atoms with Crippen LogP contribution in [0.4, 0.5) is 0 Å². The van der Waals surface area contributed by atoms with E-state index >= 15 is 0 Å². The van der Waals surface area contributed by atoms with E-state index in [1.54, 1.807) is 12.1 Å². The SMILES string of the molecule is CNC(=O)c1cc(Oc2ccc(Br)cc2C(=O)O)ccn1. The van der Waals surface area contributed by atoms with Crippen molar-refractivity contribution in [2.24, 2.45) is 0 Å². The van der Waals surface area contributed by atoms with Crippen LogP contribution in [0.25, 0.3) is 0 Å². The summed E-state index contributed by atoms with van der Waals surface area (Å²) >= 11 is 3.21. The molecular formula is C14H11BrN2O4. The molecule has 0 bridgehead atoms. The molecule has 1 amide bonds. The molecule has 21 heavy (non-hydrogen) atoms. The average Bonchev–Trinajstić information content (AvgIpc) is 2.48. The third-order valence-electron chi connectivity index (χ3n) is 2.59. The number of carbonyl (C=O) groups excluding carboxylic acids is 1. The zero-order valence-corrected chi connectivity index (χ0v) is 12.5. The van der Waals surface area contributed by atoms with Gasteiger partial charge >= 0.3 is 5.97 Å². The summed E-state index contributed by atoms with van der Waals surface area (Å²) in [7, 11) is 1.49. The van der Waals surface area contributed by atoms with Crippen LogP contribution in [0.5, 0.6) is 11.5 Å². The first kappa shape index (κ1) is 15.0. The number of carboxylic acids is 1. The number of amides is 1. The Hall–Kier alpha value is -2.41. The van der Waals surface area contributed by atoms with Crippen molar-refractivity contribution in [2.75, 3.05) is 7.05 Å². The van der Waals surface area contributed by atoms with Crippen molar-refractivity contribution in [3.05, 3.63) is 52.3 Å². The van der Waals surface area contributed by atoms with Gasteiger partial charge in [0.05, 0.1) is 0 Å². The van der Waals surface area contributed by atoms with Crippen LogP contribution in [0.1, 0.15) is 20.8 Å². The summed E-state index contributed by atoms with van der Waals surface area (Å²) in [6, 6.07) is 7.63. The van der Waals surface area contributed by atoms with Gasteiger partial charge in [0.2, 0.25) is 0 Å². The third kappa shape index (κ3) is 3.57. The molecule has 0 aliphatic carbocycles. The van der Waals surface area contributed by atoms with Gasteiger partial charge in [0.15, 0.2) is 0 Å². The minimum atomic E-state index is -1.10. The van der Waals surface area contributed by atoms with E-state index in [0.717, 1.165) is 0 Å². The highest BCUT2D eigenvalue weighted by Crippen LogP contribution is 2.28. The van der Waals surface area contributed by atoms with Crippen molar-refractivity contribution in [3.8, 4) is 11.5 Å². The number of pyridine rings is 1. The lowest BCUT2D eigenvalue weighted by molar-refractivity contribution is 0.0693. The van der Waals surface area contributed by atoms with Crippen LogP contribution in [0, 0.1) is 0 Å². The third-order valence-corrected chi connectivity index (χ3v) is 3.08. The Bertz CT molecular complexity index is 703. The minimum absolute atomic E-state index is 0.0164. The van der Waals surface area contributed by atoms with Gasteiger partial charge in [-0.1, -0.05) is 15.9 Å². The maximum absolute atomic E-state index is 11.5. The van der Waals surface area contributed by atoms with E-state index in [2.05, 4.69) is 26.2 Å². The Morgan fingerprint density at radius 1 is 1.29 bits per heavy atom. The predicted molar refractivity (Wildman–Crippen MR) is 78.8 cm³/mol. The number of nitrogens with zero attached hydrogens (tertiary/aromatic N) is 1. The molecule has 6 nitrogen and oxygen atoms in total. The van der Waals surface area contributed by atoms with Gasteiger partial charge in [0.25, 0.3) is 5.91 Å². The molecule has 1 aromatic carbocycles. The zero-order valence-electron chi connectivity index (χ0n) is 11.0. The number of carboxylic acid groups (broad SMARTS) is 1. The summed E-state index contributed by atoms with van der Waals surface area (Å²) < 4.78 is 6.17. The van der Waals surface area contributed by atoms with E-state index in [9.17, 15) is 14.7 Å². The molecule has 0 spiro atoms. The number of halogens is 1. The summed E-state index contributed by atoms with van der Waals surface area (Å²) in [4.78, 5) is 26.6. The molecule has 2 N–H and O–H groups in total. The fourth-order valence-corrected chi connectivity index (χ4v) is 1.97. The number of aromatic nitrogens is 1. The highest BCUT2D eigenvalue weighted by molar-refractivity contribution is 9.10. The molecule has 0 fully saturated rings. The van der Waals surface area contributed by atoms with E-state index < -0.39 is 5.97 Å². The highest BCUT2D eigenvalue weighted by atomic mass is 79.9. The van der Waals surface area contributed by atoms with Crippen molar-refractivity contribution in [2.45, 2.75) is 0 Å². The Morgan fingerprint density at radius 3 is 2.71 bits per heavy atom. The van der Waals surface area contributed by atoms with Crippen LogP contribution in [0.2, 0.25) is 0 Å². The van der Waals surface area contributed by atoms with Crippen molar-refractivity contribution in [3.63, 3.8) is 0 Å². The molecule has 0 radical (unpaired) electrons. The molecule has 0 aliphatic rings. The molecule has 0 aliphatic heterocycles. The number of hydrogen-bond acceptors (Lipinski definition) is 4. The van der Waals surface area contributed by atoms with Gasteiger partial charge in [0.1, 0.15) is 22.8 Å². The molecule has 2 aromatic rings. The van der Waals surface area contributed by atoms with E-state index in [1.165, 1.54) is 31.4 Å². The Balaban J connectivity index is 2.34. The van der Waals surface area contributed by atoms with Gasteiger partial charge in [0, 0.05) is 23.8 Å². The van der Waals surface area contributed by atoms with Crippen molar-refractivity contribution in [1.82, 2.24) is 10.3 Å². The number of carbonyl (C=O) groups is 2. The number of nitrogens with one attached hydrogen (secondary N) is 1. The average molecular weight is 351 g/mol. The molecule has 0 saturated heterocycles. The second-order valence-corrected chi connectivity index (χ2v) is 4.92. The molecular weight excluding hydrogens is 340 g/mol. The van der Waals surface area contributed by atoms with E-state index in [4.69, 9.17) is 4.74 Å². The van der Waals surface area contributed by atoms with E-state index in [1.807, 2.05) is 0 Å². The van der Waals surface area contributed by atoms with Gasteiger partial charge < -0.3 is 15.2 Å². The lowest BCUT2D eigenvalue weighted by Crippen LogP contribution is -2.19. The molecule has 2 rings (SSSR count). The quantitative estimate of drug-likeness (QED) is 0.884. The maximum atomic E-state index is 11.5. The summed E-state index contributed by atoms with van der Waals surface area (Å²) in [6.07, 6.45) is 1.42. The molecule has 0 atom stereocenters. The topological polar surface area (TPSA) is 88.5 Å². The first-order chi connectivity index (χ1) is 10.0. The Morgan fingerprint density at radius 2 is 2.05 bits per heavy atom. The number of hydrogen-bond donors (Lipinski definition) is 2. The first-order valence-corrected chi connectivity index (χ1v) is 6.69. The predicted octanol–water partition coefficient (Wildman–Crippen LogP) is 2.69. The number of aromatic carboxylic acids is 1. The standard InChI is InChI=1S/C14H11BrN2O4/c1-16-13(18)11-7-9(4-5-17-11)21-12-3-2-8(15)6-10(12)14(19)20/h2-7H,1H3,(H,16,18)(H,19,20). The monoisotopic (exact) mass is 350 g/mol. The van der Waals surface area contributed by atoms with E-state index in [0.29, 0.717) is 10.2 Å². The fourth-order valence-electron chi connectivity index (χ4n) is 1.61. The van der Waals surface area contributed by atoms with Gasteiger partial charge in [-0.3, -0.25) is 9.78 Å². The summed E-state index contributed by atoms with van der Waals surface area (Å²) in [6.45, 7) is 0. The lowest BCUT2D eigenvalue weighted by Gasteiger charge is -2.09. The van der Waals surface area contributed by atoms with Crippen LogP contribution in [0.15, 0.2) is 41.0 Å². The fraction of sp³-hybridized carbons (Fsp3) is 0.0714. The number of benzene rings is 1. The van der Waals surface area contributed by atoms with Gasteiger partial charge in [-0.15, -0.1) is 0 Å².